The van der Waals surface area contributed by atoms with Crippen molar-refractivity contribution < 1.29 is 0 Å². The van der Waals surface area contributed by atoms with E-state index in [0.29, 0.717) is 55.1 Å². The maximum absolute atomic E-state index is 12.9. The Hall–Kier alpha value is -2.35. The van der Waals surface area contributed by atoms with Crippen molar-refractivity contribution in [3.8, 4) is 0 Å². The molecular weight excluding hydrogens is 431 g/mol. The van der Waals surface area contributed by atoms with Gasteiger partial charge in [0.15, 0.2) is 5.16 Å². The van der Waals surface area contributed by atoms with E-state index in [1.54, 1.807) is 41.0 Å². The topological polar surface area (TPSA) is 80.6 Å². The van der Waals surface area contributed by atoms with Crippen molar-refractivity contribution in [3.05, 3.63) is 73.0 Å². The number of thioether (sulfide) groups is 1. The summed E-state index contributed by atoms with van der Waals surface area (Å²) >= 11 is 13.4. The van der Waals surface area contributed by atoms with Gasteiger partial charge in [0.2, 0.25) is 0 Å². The molecule has 1 N–H and O–H groups in total. The third kappa shape index (κ3) is 4.03. The lowest BCUT2D eigenvalue weighted by Crippen LogP contribution is -2.23. The molecule has 148 valence electrons. The second kappa shape index (κ2) is 8.18. The fraction of sp³-hybridized carbons (Fsp3) is 0.200. The quantitative estimate of drug-likeness (QED) is 0.356. The van der Waals surface area contributed by atoms with Crippen molar-refractivity contribution >= 4 is 56.8 Å². The van der Waals surface area contributed by atoms with Crippen LogP contribution in [0.1, 0.15) is 19.2 Å². The first kappa shape index (κ1) is 19.9. The number of aromatic amines is 1. The summed E-state index contributed by atoms with van der Waals surface area (Å²) in [6.07, 6.45) is 0.789. The van der Waals surface area contributed by atoms with E-state index in [2.05, 4.69) is 15.0 Å². The summed E-state index contributed by atoms with van der Waals surface area (Å²) in [5.41, 5.74) is 0.736. The first-order valence-corrected chi connectivity index (χ1v) is 10.7. The fourth-order valence-corrected chi connectivity index (χ4v) is 4.30. The molecule has 0 radical (unpaired) electrons. The van der Waals surface area contributed by atoms with E-state index in [4.69, 9.17) is 23.2 Å². The number of aromatic nitrogens is 4. The number of rotatable bonds is 5. The van der Waals surface area contributed by atoms with Gasteiger partial charge in [-0.1, -0.05) is 41.9 Å². The predicted octanol–water partition coefficient (Wildman–Crippen LogP) is 4.64. The lowest BCUT2D eigenvalue weighted by Gasteiger charge is -2.12. The van der Waals surface area contributed by atoms with E-state index in [9.17, 15) is 9.59 Å². The number of hydrogen-bond acceptors (Lipinski definition) is 5. The number of nitrogens with zero attached hydrogens (tertiary/aromatic N) is 3. The summed E-state index contributed by atoms with van der Waals surface area (Å²) in [5.74, 6) is 0.832. The molecule has 0 amide bonds. The summed E-state index contributed by atoms with van der Waals surface area (Å²) in [4.78, 5) is 37.1. The van der Waals surface area contributed by atoms with E-state index in [1.807, 2.05) is 6.92 Å². The molecule has 6 nitrogen and oxygen atoms in total. The summed E-state index contributed by atoms with van der Waals surface area (Å²) in [5, 5.41) is 2.59. The highest BCUT2D eigenvalue weighted by atomic mass is 35.5. The molecule has 0 atom stereocenters. The van der Waals surface area contributed by atoms with Crippen LogP contribution in [0.4, 0.5) is 0 Å². The fourth-order valence-electron chi connectivity index (χ4n) is 3.07. The highest BCUT2D eigenvalue weighted by molar-refractivity contribution is 7.98. The molecule has 0 spiro atoms. The van der Waals surface area contributed by atoms with Gasteiger partial charge in [-0.2, -0.15) is 0 Å². The molecule has 0 bridgehead atoms. The second-order valence-electron chi connectivity index (χ2n) is 6.48. The Morgan fingerprint density at radius 2 is 1.66 bits per heavy atom. The average Bonchev–Trinajstić information content (AvgIpc) is 2.68. The van der Waals surface area contributed by atoms with Crippen molar-refractivity contribution in [2.45, 2.75) is 30.8 Å². The number of nitrogens with one attached hydrogen (secondary N) is 1. The van der Waals surface area contributed by atoms with Crippen LogP contribution in [-0.4, -0.2) is 19.5 Å². The molecular formula is C20H16Cl2N4O2S. The van der Waals surface area contributed by atoms with E-state index in [-0.39, 0.29) is 11.1 Å². The van der Waals surface area contributed by atoms with Gasteiger partial charge >= 0.3 is 0 Å². The number of H-pyrrole nitrogens is 1. The SMILES string of the molecule is CCCn1c(SCc2nc3cc(Cl)ccc3c(=O)[nH]2)nc2cc(Cl)ccc2c1=O. The molecule has 0 saturated heterocycles. The minimum Gasteiger partial charge on any atom is -0.309 e. The zero-order valence-electron chi connectivity index (χ0n) is 15.4. The van der Waals surface area contributed by atoms with Gasteiger partial charge in [-0.3, -0.25) is 14.2 Å². The number of fused-ring (bicyclic) bond motifs is 2. The Bertz CT molecular complexity index is 1350. The minimum absolute atomic E-state index is 0.109. The van der Waals surface area contributed by atoms with E-state index in [0.717, 1.165) is 6.42 Å². The van der Waals surface area contributed by atoms with Crippen LogP contribution in [0.2, 0.25) is 10.0 Å². The molecule has 9 heteroatoms. The summed E-state index contributed by atoms with van der Waals surface area (Å²) in [7, 11) is 0. The van der Waals surface area contributed by atoms with Gasteiger partial charge in [0, 0.05) is 16.6 Å². The standard InChI is InChI=1S/C20H16Cl2N4O2S/c1-2-7-26-19(28)14-6-4-12(22)9-16(14)24-20(26)29-10-17-23-15-8-11(21)3-5-13(15)18(27)25-17/h3-6,8-9H,2,7,10H2,1H3,(H,23,25,27). The summed E-state index contributed by atoms with van der Waals surface area (Å²) < 4.78 is 1.65. The molecule has 2 aromatic heterocycles. The molecule has 29 heavy (non-hydrogen) atoms. The molecule has 0 aliphatic heterocycles. The average molecular weight is 447 g/mol. The lowest BCUT2D eigenvalue weighted by molar-refractivity contribution is 0.584. The molecule has 4 rings (SSSR count). The van der Waals surface area contributed by atoms with E-state index in [1.165, 1.54) is 11.8 Å². The molecule has 2 aromatic carbocycles. The van der Waals surface area contributed by atoms with Gasteiger partial charge in [-0.25, -0.2) is 9.97 Å². The monoisotopic (exact) mass is 446 g/mol. The first-order valence-electron chi connectivity index (χ1n) is 8.97. The van der Waals surface area contributed by atoms with Crippen LogP contribution in [0, 0.1) is 0 Å². The molecule has 0 saturated carbocycles. The van der Waals surface area contributed by atoms with Gasteiger partial charge in [-0.15, -0.1) is 0 Å². The van der Waals surface area contributed by atoms with Gasteiger partial charge in [0.25, 0.3) is 11.1 Å². The lowest BCUT2D eigenvalue weighted by atomic mass is 10.2. The van der Waals surface area contributed by atoms with Crippen LogP contribution >= 0.6 is 35.0 Å². The Labute approximate surface area is 179 Å². The minimum atomic E-state index is -0.230. The van der Waals surface area contributed by atoms with Crippen LogP contribution in [0.3, 0.4) is 0 Å². The predicted molar refractivity (Wildman–Crippen MR) is 118 cm³/mol. The molecule has 0 fully saturated rings. The van der Waals surface area contributed by atoms with Crippen molar-refractivity contribution in [1.82, 2.24) is 19.5 Å². The maximum atomic E-state index is 12.9. The summed E-state index contributed by atoms with van der Waals surface area (Å²) in [6, 6.07) is 10.0. The third-order valence-electron chi connectivity index (χ3n) is 4.39. The Morgan fingerprint density at radius 3 is 2.34 bits per heavy atom. The highest BCUT2D eigenvalue weighted by Gasteiger charge is 2.13. The Balaban J connectivity index is 1.74. The maximum Gasteiger partial charge on any atom is 0.262 e. The highest BCUT2D eigenvalue weighted by Crippen LogP contribution is 2.23. The largest absolute Gasteiger partial charge is 0.309 e. The molecule has 0 aliphatic rings. The number of benzene rings is 2. The first-order chi connectivity index (χ1) is 14.0. The van der Waals surface area contributed by atoms with Crippen molar-refractivity contribution in [3.63, 3.8) is 0 Å². The smallest absolute Gasteiger partial charge is 0.262 e. The molecule has 0 unspecified atom stereocenters. The van der Waals surface area contributed by atoms with Crippen LogP contribution in [0.15, 0.2) is 51.1 Å². The normalized spacial score (nSPS) is 11.4. The van der Waals surface area contributed by atoms with Crippen molar-refractivity contribution in [2.24, 2.45) is 0 Å². The number of halogens is 2. The van der Waals surface area contributed by atoms with Gasteiger partial charge < -0.3 is 4.98 Å². The van der Waals surface area contributed by atoms with Gasteiger partial charge in [0.1, 0.15) is 5.82 Å². The van der Waals surface area contributed by atoms with Crippen LogP contribution in [-0.2, 0) is 12.3 Å². The van der Waals surface area contributed by atoms with Crippen LogP contribution in [0.5, 0.6) is 0 Å². The second-order valence-corrected chi connectivity index (χ2v) is 8.29. The van der Waals surface area contributed by atoms with Crippen LogP contribution < -0.4 is 11.1 Å². The third-order valence-corrected chi connectivity index (χ3v) is 5.84. The summed E-state index contributed by atoms with van der Waals surface area (Å²) in [6.45, 7) is 2.54. The molecule has 4 aromatic rings. The Morgan fingerprint density at radius 1 is 1.00 bits per heavy atom. The van der Waals surface area contributed by atoms with E-state index < -0.39 is 0 Å². The van der Waals surface area contributed by atoms with Gasteiger partial charge in [0.05, 0.1) is 27.6 Å². The van der Waals surface area contributed by atoms with Gasteiger partial charge in [-0.05, 0) is 42.8 Å². The molecule has 0 aliphatic carbocycles. The van der Waals surface area contributed by atoms with Crippen molar-refractivity contribution in [2.75, 3.05) is 0 Å². The van der Waals surface area contributed by atoms with E-state index >= 15 is 0 Å². The zero-order valence-corrected chi connectivity index (χ0v) is 17.7. The Kier molecular flexibility index (Phi) is 5.63. The zero-order chi connectivity index (χ0) is 20.5. The number of hydrogen-bond donors (Lipinski definition) is 1. The van der Waals surface area contributed by atoms with Crippen molar-refractivity contribution in [1.29, 1.82) is 0 Å². The van der Waals surface area contributed by atoms with Crippen LogP contribution in [0.25, 0.3) is 21.8 Å². The molecule has 2 heterocycles.